The molecule has 0 amide bonds. The molecule has 2 aromatic carbocycles. The van der Waals surface area contributed by atoms with Gasteiger partial charge in [0.1, 0.15) is 0 Å². The Morgan fingerprint density at radius 2 is 1.23 bits per heavy atom. The predicted octanol–water partition coefficient (Wildman–Crippen LogP) is 5.18. The van der Waals surface area contributed by atoms with Crippen LogP contribution in [0.1, 0.15) is 84.6 Å². The summed E-state index contributed by atoms with van der Waals surface area (Å²) < 4.78 is 16.6. The summed E-state index contributed by atoms with van der Waals surface area (Å²) in [6.45, 7) is 21.1. The van der Waals surface area contributed by atoms with Gasteiger partial charge in [0.05, 0.1) is 0 Å². The van der Waals surface area contributed by atoms with Crippen LogP contribution in [0.15, 0.2) is 36.4 Å². The molecule has 3 heteroatoms. The van der Waals surface area contributed by atoms with E-state index >= 15 is 0 Å². The first-order chi connectivity index (χ1) is 13.5. The SMILES string of the molecule is CN(C)Cc1ccccc1[Te](=O)c1c(C(C)(C)C)cc(C(C)(C)C)cc1C(C)(C)C. The van der Waals surface area contributed by atoms with E-state index in [1.807, 2.05) is 6.07 Å². The van der Waals surface area contributed by atoms with Crippen molar-refractivity contribution in [1.82, 2.24) is 4.90 Å². The molecule has 30 heavy (non-hydrogen) atoms. The van der Waals surface area contributed by atoms with Gasteiger partial charge in [-0.1, -0.05) is 0 Å². The monoisotopic (exact) mass is 525 g/mol. The van der Waals surface area contributed by atoms with Crippen molar-refractivity contribution >= 4 is 26.8 Å². The van der Waals surface area contributed by atoms with Crippen molar-refractivity contribution in [2.75, 3.05) is 14.1 Å². The first-order valence-corrected chi connectivity index (χ1v) is 14.2. The molecule has 2 rings (SSSR count). The molecular weight excluding hydrogens is 482 g/mol. The van der Waals surface area contributed by atoms with E-state index in [2.05, 4.69) is 112 Å². The van der Waals surface area contributed by atoms with Gasteiger partial charge in [-0.2, -0.15) is 0 Å². The Hall–Kier alpha value is -1.01. The van der Waals surface area contributed by atoms with Crippen LogP contribution in [-0.4, -0.2) is 38.5 Å². The molecule has 2 aromatic rings. The maximum absolute atomic E-state index is 14.4. The molecule has 0 fully saturated rings. The molecule has 166 valence electrons. The van der Waals surface area contributed by atoms with Gasteiger partial charge in [-0.05, 0) is 0 Å². The van der Waals surface area contributed by atoms with Crippen LogP contribution in [0, 0.1) is 0 Å². The second kappa shape index (κ2) is 8.85. The van der Waals surface area contributed by atoms with Crippen molar-refractivity contribution in [1.29, 1.82) is 0 Å². The Kier molecular flexibility index (Phi) is 7.45. The molecule has 2 nitrogen and oxygen atoms in total. The third kappa shape index (κ3) is 5.82. The van der Waals surface area contributed by atoms with Crippen molar-refractivity contribution in [3.8, 4) is 0 Å². The third-order valence-corrected chi connectivity index (χ3v) is 10.0. The molecule has 0 N–H and O–H groups in total. The molecule has 0 saturated heterocycles. The Bertz CT molecular complexity index is 886. The molecule has 0 aromatic heterocycles. The molecule has 0 aliphatic carbocycles. The number of hydrogen-bond donors (Lipinski definition) is 0. The van der Waals surface area contributed by atoms with E-state index in [0.29, 0.717) is 0 Å². The Morgan fingerprint density at radius 1 is 0.767 bits per heavy atom. The summed E-state index contributed by atoms with van der Waals surface area (Å²) in [5.41, 5.74) is 4.93. The minimum atomic E-state index is -3.04. The van der Waals surface area contributed by atoms with E-state index in [4.69, 9.17) is 0 Å². The summed E-state index contributed by atoms with van der Waals surface area (Å²) >= 11 is -3.04. The van der Waals surface area contributed by atoms with Gasteiger partial charge in [0, 0.05) is 0 Å². The van der Waals surface area contributed by atoms with Crippen molar-refractivity contribution in [3.05, 3.63) is 58.7 Å². The molecule has 0 aliphatic rings. The van der Waals surface area contributed by atoms with Crippen LogP contribution in [-0.2, 0) is 25.9 Å². The zero-order valence-electron chi connectivity index (χ0n) is 20.9. The third-order valence-electron chi connectivity index (χ3n) is 5.42. The summed E-state index contributed by atoms with van der Waals surface area (Å²) in [6.07, 6.45) is 0. The Labute approximate surface area is 192 Å². The van der Waals surface area contributed by atoms with E-state index < -0.39 is 19.5 Å². The van der Waals surface area contributed by atoms with Crippen molar-refractivity contribution in [2.45, 2.75) is 85.1 Å². The van der Waals surface area contributed by atoms with Gasteiger partial charge in [0.2, 0.25) is 0 Å². The fraction of sp³-hybridized carbons (Fsp3) is 0.556. The van der Waals surface area contributed by atoms with E-state index in [1.54, 1.807) is 0 Å². The zero-order valence-corrected chi connectivity index (χ0v) is 23.3. The second-order valence-electron chi connectivity index (χ2n) is 11.8. The van der Waals surface area contributed by atoms with Gasteiger partial charge in [0.15, 0.2) is 0 Å². The summed E-state index contributed by atoms with van der Waals surface area (Å²) in [7, 11) is 4.14. The number of hydrogen-bond acceptors (Lipinski definition) is 2. The van der Waals surface area contributed by atoms with Crippen LogP contribution < -0.4 is 7.22 Å². The van der Waals surface area contributed by atoms with E-state index in [-0.39, 0.29) is 16.2 Å². The van der Waals surface area contributed by atoms with Crippen molar-refractivity contribution in [3.63, 3.8) is 0 Å². The van der Waals surface area contributed by atoms with Crippen LogP contribution in [0.25, 0.3) is 0 Å². The topological polar surface area (TPSA) is 20.3 Å². The average molecular weight is 523 g/mol. The molecule has 0 radical (unpaired) electrons. The predicted molar refractivity (Wildman–Crippen MR) is 132 cm³/mol. The minimum absolute atomic E-state index is 0.0464. The summed E-state index contributed by atoms with van der Waals surface area (Å²) in [4.78, 5) is 2.16. The van der Waals surface area contributed by atoms with Gasteiger partial charge in [-0.3, -0.25) is 0 Å². The van der Waals surface area contributed by atoms with Gasteiger partial charge < -0.3 is 0 Å². The Balaban J connectivity index is 2.90. The second-order valence-corrected chi connectivity index (χ2v) is 15.7. The first kappa shape index (κ1) is 25.3. The van der Waals surface area contributed by atoms with Crippen LogP contribution in [0.5, 0.6) is 0 Å². The van der Waals surface area contributed by atoms with Crippen LogP contribution in [0.3, 0.4) is 0 Å². The van der Waals surface area contributed by atoms with Gasteiger partial charge in [-0.15, -0.1) is 0 Å². The van der Waals surface area contributed by atoms with Crippen molar-refractivity contribution < 1.29 is 3.10 Å². The van der Waals surface area contributed by atoms with Crippen LogP contribution >= 0.6 is 0 Å². The fourth-order valence-corrected chi connectivity index (χ4v) is 9.13. The van der Waals surface area contributed by atoms with Gasteiger partial charge >= 0.3 is 193 Å². The van der Waals surface area contributed by atoms with E-state index in [9.17, 15) is 3.10 Å². The number of benzene rings is 2. The summed E-state index contributed by atoms with van der Waals surface area (Å²) in [6, 6.07) is 13.0. The first-order valence-electron chi connectivity index (χ1n) is 10.9. The van der Waals surface area contributed by atoms with Gasteiger partial charge in [-0.25, -0.2) is 0 Å². The summed E-state index contributed by atoms with van der Waals surface area (Å²) in [5.74, 6) is 0. The Morgan fingerprint density at radius 3 is 1.63 bits per heavy atom. The molecule has 0 unspecified atom stereocenters. The van der Waals surface area contributed by atoms with Crippen LogP contribution in [0.4, 0.5) is 0 Å². The maximum atomic E-state index is 14.4. The van der Waals surface area contributed by atoms with Gasteiger partial charge in [0.25, 0.3) is 0 Å². The normalized spacial score (nSPS) is 13.4. The molecule has 0 aliphatic heterocycles. The summed E-state index contributed by atoms with van der Waals surface area (Å²) in [5, 5.41) is 0. The average Bonchev–Trinajstić information content (AvgIpc) is 2.57. The van der Waals surface area contributed by atoms with E-state index in [0.717, 1.165) is 13.8 Å². The molecule has 0 atom stereocenters. The van der Waals surface area contributed by atoms with Crippen LogP contribution in [0.2, 0.25) is 0 Å². The van der Waals surface area contributed by atoms with Crippen molar-refractivity contribution in [2.24, 2.45) is 0 Å². The fourth-order valence-electron chi connectivity index (χ4n) is 3.64. The number of rotatable bonds is 4. The quantitative estimate of drug-likeness (QED) is 0.516. The molecular formula is C27H41NOTe. The number of nitrogens with zero attached hydrogens (tertiary/aromatic N) is 1. The standard InChI is InChI=1S/C27H41NOTe/c1-25(2,3)20-16-21(26(4,5)6)24(22(17-20)27(7,8)9)30(29)23-15-13-12-14-19(23)18-28(10)11/h12-17H,18H2,1-11H3. The zero-order chi connectivity index (χ0) is 23.1. The molecule has 0 bridgehead atoms. The molecule has 0 heterocycles. The molecule has 0 saturated carbocycles. The van der Waals surface area contributed by atoms with E-state index in [1.165, 1.54) is 22.3 Å². The molecule has 0 spiro atoms.